The van der Waals surface area contributed by atoms with Gasteiger partial charge in [0.1, 0.15) is 5.58 Å². The summed E-state index contributed by atoms with van der Waals surface area (Å²) in [4.78, 5) is 14.8. The molecule has 3 nitrogen and oxygen atoms in total. The Morgan fingerprint density at radius 3 is 2.61 bits per heavy atom. The Bertz CT molecular complexity index is 885. The van der Waals surface area contributed by atoms with Crippen molar-refractivity contribution in [3.05, 3.63) is 47.7 Å². The highest BCUT2D eigenvalue weighted by atomic mass is 16.3. The summed E-state index contributed by atoms with van der Waals surface area (Å²) in [5.41, 5.74) is 1.78. The van der Waals surface area contributed by atoms with Crippen molar-refractivity contribution in [1.29, 1.82) is 0 Å². The summed E-state index contributed by atoms with van der Waals surface area (Å²) < 4.78 is 6.06. The van der Waals surface area contributed by atoms with Gasteiger partial charge < -0.3 is 9.32 Å². The lowest BCUT2D eigenvalue weighted by Crippen LogP contribution is -2.38. The van der Waals surface area contributed by atoms with E-state index in [4.69, 9.17) is 4.42 Å². The largest absolute Gasteiger partial charge is 0.450 e. The molecule has 1 aliphatic heterocycles. The van der Waals surface area contributed by atoms with Gasteiger partial charge in [0.25, 0.3) is 5.91 Å². The van der Waals surface area contributed by atoms with Crippen LogP contribution < -0.4 is 0 Å². The summed E-state index contributed by atoms with van der Waals surface area (Å²) in [6, 6.07) is 12.3. The molecule has 3 heteroatoms. The third kappa shape index (κ3) is 2.31. The lowest BCUT2D eigenvalue weighted by atomic mass is 9.99. The van der Waals surface area contributed by atoms with Crippen LogP contribution in [0.3, 0.4) is 0 Å². The summed E-state index contributed by atoms with van der Waals surface area (Å²) in [6.07, 6.45) is 2.15. The highest BCUT2D eigenvalue weighted by molar-refractivity contribution is 6.08. The van der Waals surface area contributed by atoms with E-state index >= 15 is 0 Å². The van der Waals surface area contributed by atoms with Crippen LogP contribution in [0.5, 0.6) is 0 Å². The van der Waals surface area contributed by atoms with Gasteiger partial charge in [-0.3, -0.25) is 4.79 Å². The van der Waals surface area contributed by atoms with Gasteiger partial charge in [0.15, 0.2) is 5.76 Å². The first-order valence-electron chi connectivity index (χ1n) is 8.35. The van der Waals surface area contributed by atoms with Crippen molar-refractivity contribution in [3.63, 3.8) is 0 Å². The number of carbonyl (C=O) groups is 1. The maximum Gasteiger partial charge on any atom is 0.289 e. The minimum Gasteiger partial charge on any atom is -0.450 e. The van der Waals surface area contributed by atoms with Crippen molar-refractivity contribution < 1.29 is 9.21 Å². The molecule has 0 saturated carbocycles. The van der Waals surface area contributed by atoms with Gasteiger partial charge >= 0.3 is 0 Å². The van der Waals surface area contributed by atoms with Gasteiger partial charge in [-0.15, -0.1) is 0 Å². The topological polar surface area (TPSA) is 33.5 Å². The monoisotopic (exact) mass is 307 g/mol. The molecule has 3 aromatic rings. The van der Waals surface area contributed by atoms with Crippen molar-refractivity contribution in [2.75, 3.05) is 13.1 Å². The highest BCUT2D eigenvalue weighted by Gasteiger charge is 2.26. The summed E-state index contributed by atoms with van der Waals surface area (Å²) in [5, 5.41) is 3.25. The van der Waals surface area contributed by atoms with Crippen LogP contribution in [-0.4, -0.2) is 23.9 Å². The first kappa shape index (κ1) is 14.3. The summed E-state index contributed by atoms with van der Waals surface area (Å²) in [5.74, 6) is 1.25. The second-order valence-corrected chi connectivity index (χ2v) is 6.69. The fourth-order valence-electron chi connectivity index (χ4n) is 3.51. The molecule has 0 radical (unpaired) electrons. The zero-order valence-corrected chi connectivity index (χ0v) is 13.6. The zero-order valence-electron chi connectivity index (χ0n) is 13.6. The molecule has 0 spiro atoms. The second-order valence-electron chi connectivity index (χ2n) is 6.69. The Hall–Kier alpha value is -2.29. The molecule has 1 fully saturated rings. The normalized spacial score (nSPS) is 16.3. The van der Waals surface area contributed by atoms with E-state index in [-0.39, 0.29) is 5.91 Å². The van der Waals surface area contributed by atoms with Crippen LogP contribution in [0.15, 0.2) is 40.8 Å². The Morgan fingerprint density at radius 1 is 1.09 bits per heavy atom. The molecular formula is C20H21NO2. The molecule has 23 heavy (non-hydrogen) atoms. The summed E-state index contributed by atoms with van der Waals surface area (Å²) in [7, 11) is 0. The fraction of sp³-hybridized carbons (Fsp3) is 0.350. The van der Waals surface area contributed by atoms with E-state index in [1.807, 2.05) is 24.0 Å². The van der Waals surface area contributed by atoms with Crippen molar-refractivity contribution in [2.24, 2.45) is 5.92 Å². The van der Waals surface area contributed by atoms with E-state index in [1.165, 1.54) is 0 Å². The number of furan rings is 1. The van der Waals surface area contributed by atoms with Gasteiger partial charge in [-0.05, 0) is 31.1 Å². The maximum absolute atomic E-state index is 12.9. The number of piperidine rings is 1. The van der Waals surface area contributed by atoms with E-state index in [9.17, 15) is 4.79 Å². The molecule has 1 aliphatic rings. The molecule has 0 atom stereocenters. The van der Waals surface area contributed by atoms with E-state index in [0.717, 1.165) is 53.2 Å². The third-order valence-corrected chi connectivity index (χ3v) is 5.09. The quantitative estimate of drug-likeness (QED) is 0.649. The van der Waals surface area contributed by atoms with E-state index < -0.39 is 0 Å². The predicted molar refractivity (Wildman–Crippen MR) is 92.8 cm³/mol. The molecule has 0 N–H and O–H groups in total. The van der Waals surface area contributed by atoms with Crippen LogP contribution in [0.4, 0.5) is 0 Å². The number of hydrogen-bond acceptors (Lipinski definition) is 2. The number of benzene rings is 2. The van der Waals surface area contributed by atoms with Crippen LogP contribution in [0.25, 0.3) is 21.7 Å². The van der Waals surface area contributed by atoms with Crippen molar-refractivity contribution in [3.8, 4) is 0 Å². The van der Waals surface area contributed by atoms with E-state index in [1.54, 1.807) is 0 Å². The van der Waals surface area contributed by atoms with Crippen molar-refractivity contribution in [1.82, 2.24) is 4.90 Å². The van der Waals surface area contributed by atoms with Crippen molar-refractivity contribution >= 4 is 27.6 Å². The molecule has 0 aliphatic carbocycles. The van der Waals surface area contributed by atoms with Crippen LogP contribution in [0.1, 0.15) is 35.9 Å². The van der Waals surface area contributed by atoms with Crippen LogP contribution in [0.2, 0.25) is 0 Å². The number of fused-ring (bicyclic) bond motifs is 3. The maximum atomic E-state index is 12.9. The number of aryl methyl sites for hydroxylation is 1. The Balaban J connectivity index is 1.80. The van der Waals surface area contributed by atoms with E-state index in [2.05, 4.69) is 31.2 Å². The minimum atomic E-state index is 0.0367. The van der Waals surface area contributed by atoms with Gasteiger partial charge in [0.05, 0.1) is 0 Å². The first-order valence-corrected chi connectivity index (χ1v) is 8.35. The van der Waals surface area contributed by atoms with Crippen LogP contribution in [0, 0.1) is 12.8 Å². The molecule has 2 heterocycles. The van der Waals surface area contributed by atoms with Crippen LogP contribution >= 0.6 is 0 Å². The Labute approximate surface area is 135 Å². The lowest BCUT2D eigenvalue weighted by Gasteiger charge is -2.29. The molecule has 4 rings (SSSR count). The average molecular weight is 307 g/mol. The molecular weight excluding hydrogens is 286 g/mol. The summed E-state index contributed by atoms with van der Waals surface area (Å²) >= 11 is 0. The summed E-state index contributed by atoms with van der Waals surface area (Å²) in [6.45, 7) is 5.90. The molecule has 0 unspecified atom stereocenters. The molecule has 1 aromatic heterocycles. The molecule has 1 amide bonds. The van der Waals surface area contributed by atoms with Gasteiger partial charge in [-0.25, -0.2) is 0 Å². The van der Waals surface area contributed by atoms with E-state index in [0.29, 0.717) is 11.7 Å². The van der Waals surface area contributed by atoms with Gasteiger partial charge in [0, 0.05) is 29.4 Å². The smallest absolute Gasteiger partial charge is 0.289 e. The van der Waals surface area contributed by atoms with Crippen molar-refractivity contribution in [2.45, 2.75) is 26.7 Å². The molecule has 118 valence electrons. The number of likely N-dealkylation sites (tertiary alicyclic amines) is 1. The highest BCUT2D eigenvalue weighted by Crippen LogP contribution is 2.32. The Kier molecular flexibility index (Phi) is 3.37. The average Bonchev–Trinajstić information content (AvgIpc) is 2.92. The van der Waals surface area contributed by atoms with Gasteiger partial charge in [-0.2, -0.15) is 0 Å². The lowest BCUT2D eigenvalue weighted by molar-refractivity contribution is 0.0666. The standard InChI is InChI=1S/C20H21NO2/c1-13-9-11-21(12-10-13)20(22)18-14(2)16-8-7-15-5-3-4-6-17(15)19(16)23-18/h3-8,13H,9-12H2,1-2H3. The number of rotatable bonds is 1. The SMILES string of the molecule is Cc1c(C(=O)N2CCC(C)CC2)oc2c1ccc1ccccc12. The Morgan fingerprint density at radius 2 is 1.83 bits per heavy atom. The van der Waals surface area contributed by atoms with Gasteiger partial charge in [0.2, 0.25) is 0 Å². The number of amides is 1. The first-order chi connectivity index (χ1) is 11.1. The number of carbonyl (C=O) groups excluding carboxylic acids is 1. The minimum absolute atomic E-state index is 0.0367. The molecule has 1 saturated heterocycles. The van der Waals surface area contributed by atoms with Gasteiger partial charge in [-0.1, -0.05) is 43.3 Å². The fourth-order valence-corrected chi connectivity index (χ4v) is 3.51. The molecule has 0 bridgehead atoms. The van der Waals surface area contributed by atoms with Crippen LogP contribution in [-0.2, 0) is 0 Å². The second kappa shape index (κ2) is 5.41. The number of hydrogen-bond donors (Lipinski definition) is 0. The molecule has 2 aromatic carbocycles. The predicted octanol–water partition coefficient (Wildman–Crippen LogP) is 4.77. The number of nitrogens with zero attached hydrogens (tertiary/aromatic N) is 1. The zero-order chi connectivity index (χ0) is 16.0. The third-order valence-electron chi connectivity index (χ3n) is 5.09.